The highest BCUT2D eigenvalue weighted by Gasteiger charge is 2.08. The van der Waals surface area contributed by atoms with Gasteiger partial charge in [-0.15, -0.1) is 0 Å². The van der Waals surface area contributed by atoms with Crippen LogP contribution in [-0.4, -0.2) is 32.7 Å². The number of aromatic nitrogens is 3. The van der Waals surface area contributed by atoms with Gasteiger partial charge in [-0.25, -0.2) is 4.98 Å². The maximum atomic E-state index is 11.4. The van der Waals surface area contributed by atoms with Gasteiger partial charge in [-0.2, -0.15) is 0 Å². The maximum absolute atomic E-state index is 11.4. The number of nitrogens with zero attached hydrogens (tertiary/aromatic N) is 1. The van der Waals surface area contributed by atoms with E-state index >= 15 is 0 Å². The van der Waals surface area contributed by atoms with Crippen LogP contribution in [0.15, 0.2) is 17.3 Å². The molecule has 86 valence electrons. The van der Waals surface area contributed by atoms with E-state index in [9.17, 15) is 4.79 Å². The minimum absolute atomic E-state index is 0.0203. The van der Waals surface area contributed by atoms with Crippen LogP contribution in [0.1, 0.15) is 12.5 Å². The first-order valence-electron chi connectivity index (χ1n) is 5.10. The molecular formula is C10H14N4O2. The predicted molar refractivity (Wildman–Crippen MR) is 60.1 cm³/mol. The Morgan fingerprint density at radius 3 is 3.12 bits per heavy atom. The molecule has 0 amide bonds. The van der Waals surface area contributed by atoms with Crippen molar-refractivity contribution < 1.29 is 5.11 Å². The van der Waals surface area contributed by atoms with Crippen LogP contribution in [0.4, 0.5) is 0 Å². The first-order chi connectivity index (χ1) is 7.72. The Morgan fingerprint density at radius 2 is 2.38 bits per heavy atom. The molecule has 2 aromatic rings. The number of aromatic amines is 2. The van der Waals surface area contributed by atoms with Crippen molar-refractivity contribution in [3.05, 3.63) is 28.4 Å². The lowest BCUT2D eigenvalue weighted by Gasteiger charge is -2.09. The van der Waals surface area contributed by atoms with Crippen molar-refractivity contribution in [3.8, 4) is 0 Å². The molecule has 0 saturated heterocycles. The van der Waals surface area contributed by atoms with E-state index in [0.717, 1.165) is 5.56 Å². The van der Waals surface area contributed by atoms with Crippen molar-refractivity contribution in [2.24, 2.45) is 0 Å². The van der Waals surface area contributed by atoms with Crippen molar-refractivity contribution in [1.82, 2.24) is 20.3 Å². The Kier molecular flexibility index (Phi) is 3.02. The van der Waals surface area contributed by atoms with E-state index in [1.807, 2.05) is 6.92 Å². The van der Waals surface area contributed by atoms with Gasteiger partial charge in [-0.3, -0.25) is 4.79 Å². The van der Waals surface area contributed by atoms with Gasteiger partial charge in [0.15, 0.2) is 0 Å². The quantitative estimate of drug-likeness (QED) is 0.572. The molecule has 16 heavy (non-hydrogen) atoms. The first kappa shape index (κ1) is 10.8. The third-order valence-electron chi connectivity index (χ3n) is 2.46. The van der Waals surface area contributed by atoms with Crippen LogP contribution in [-0.2, 0) is 6.54 Å². The van der Waals surface area contributed by atoms with Gasteiger partial charge >= 0.3 is 0 Å². The first-order valence-corrected chi connectivity index (χ1v) is 5.10. The molecule has 2 aromatic heterocycles. The average Bonchev–Trinajstić information content (AvgIpc) is 2.70. The van der Waals surface area contributed by atoms with Gasteiger partial charge in [-0.1, -0.05) is 0 Å². The second kappa shape index (κ2) is 4.46. The summed E-state index contributed by atoms with van der Waals surface area (Å²) >= 11 is 0. The summed E-state index contributed by atoms with van der Waals surface area (Å²) in [6.07, 6.45) is 3.14. The van der Waals surface area contributed by atoms with Crippen LogP contribution >= 0.6 is 0 Å². The largest absolute Gasteiger partial charge is 0.395 e. The summed E-state index contributed by atoms with van der Waals surface area (Å²) in [5, 5.41) is 12.0. The smallest absolute Gasteiger partial charge is 0.275 e. The highest BCUT2D eigenvalue weighted by molar-refractivity contribution is 5.77. The third-order valence-corrected chi connectivity index (χ3v) is 2.46. The zero-order valence-corrected chi connectivity index (χ0v) is 8.95. The molecule has 2 rings (SSSR count). The molecule has 0 aliphatic rings. The van der Waals surface area contributed by atoms with Crippen LogP contribution in [0.25, 0.3) is 11.0 Å². The van der Waals surface area contributed by atoms with Crippen LogP contribution in [0, 0.1) is 0 Å². The van der Waals surface area contributed by atoms with E-state index in [-0.39, 0.29) is 18.2 Å². The van der Waals surface area contributed by atoms with Crippen molar-refractivity contribution in [1.29, 1.82) is 0 Å². The van der Waals surface area contributed by atoms with E-state index in [0.29, 0.717) is 17.6 Å². The van der Waals surface area contributed by atoms with E-state index in [1.54, 1.807) is 6.20 Å². The van der Waals surface area contributed by atoms with Crippen molar-refractivity contribution >= 4 is 11.0 Å². The van der Waals surface area contributed by atoms with Crippen molar-refractivity contribution in [2.75, 3.05) is 6.61 Å². The molecule has 4 N–H and O–H groups in total. The number of aliphatic hydroxyl groups is 1. The fraction of sp³-hybridized carbons (Fsp3) is 0.400. The minimum Gasteiger partial charge on any atom is -0.395 e. The number of hydrogen-bond acceptors (Lipinski definition) is 4. The zero-order chi connectivity index (χ0) is 11.5. The molecular weight excluding hydrogens is 208 g/mol. The lowest BCUT2D eigenvalue weighted by atomic mass is 10.2. The van der Waals surface area contributed by atoms with Crippen molar-refractivity contribution in [3.63, 3.8) is 0 Å². The number of fused-ring (bicyclic) bond motifs is 1. The Hall–Kier alpha value is -1.66. The Labute approximate surface area is 91.7 Å². The number of nitrogens with one attached hydrogen (secondary N) is 3. The molecule has 6 heteroatoms. The topological polar surface area (TPSA) is 93.8 Å². The van der Waals surface area contributed by atoms with Gasteiger partial charge < -0.3 is 20.4 Å². The highest BCUT2D eigenvalue weighted by atomic mass is 16.3. The maximum Gasteiger partial charge on any atom is 0.275 e. The fourth-order valence-electron chi connectivity index (χ4n) is 1.49. The second-order valence-electron chi connectivity index (χ2n) is 3.73. The Balaban J connectivity index is 2.26. The fourth-order valence-corrected chi connectivity index (χ4v) is 1.49. The molecule has 0 spiro atoms. The van der Waals surface area contributed by atoms with Crippen LogP contribution in [0.3, 0.4) is 0 Å². The Bertz CT molecular complexity index is 531. The molecule has 0 unspecified atom stereocenters. The summed E-state index contributed by atoms with van der Waals surface area (Å²) in [5.74, 6) is 0. The minimum atomic E-state index is -0.175. The van der Waals surface area contributed by atoms with Crippen LogP contribution in [0.2, 0.25) is 0 Å². The lowest BCUT2D eigenvalue weighted by Crippen LogP contribution is -2.28. The molecule has 2 heterocycles. The Morgan fingerprint density at radius 1 is 1.56 bits per heavy atom. The molecule has 0 aromatic carbocycles. The van der Waals surface area contributed by atoms with Gasteiger partial charge in [-0.05, 0) is 6.92 Å². The standard InChI is InChI=1S/C10H14N4O2/c1-6(4-15)11-2-7-3-12-9-8(7)13-5-14-10(9)16/h3,5-6,11-12,15H,2,4H2,1H3,(H,13,14,16)/t6-/m0/s1. The average molecular weight is 222 g/mol. The number of hydrogen-bond donors (Lipinski definition) is 4. The third kappa shape index (κ3) is 1.98. The SMILES string of the molecule is C[C@@H](CO)NCc1c[nH]c2c(=O)[nH]cnc12. The van der Waals surface area contributed by atoms with Crippen LogP contribution in [0.5, 0.6) is 0 Å². The lowest BCUT2D eigenvalue weighted by molar-refractivity contribution is 0.251. The monoisotopic (exact) mass is 222 g/mol. The molecule has 0 radical (unpaired) electrons. The summed E-state index contributed by atoms with van der Waals surface area (Å²) in [6, 6.07) is 0.0203. The van der Waals surface area contributed by atoms with Crippen LogP contribution < -0.4 is 10.9 Å². The molecule has 0 aliphatic heterocycles. The van der Waals surface area contributed by atoms with E-state index < -0.39 is 0 Å². The number of rotatable bonds is 4. The number of H-pyrrole nitrogens is 2. The molecule has 0 bridgehead atoms. The highest BCUT2D eigenvalue weighted by Crippen LogP contribution is 2.10. The predicted octanol–water partition coefficient (Wildman–Crippen LogP) is -0.278. The molecule has 6 nitrogen and oxygen atoms in total. The van der Waals surface area contributed by atoms with E-state index in [4.69, 9.17) is 5.11 Å². The van der Waals surface area contributed by atoms with Gasteiger partial charge in [0.1, 0.15) is 5.52 Å². The van der Waals surface area contributed by atoms with Crippen molar-refractivity contribution in [2.45, 2.75) is 19.5 Å². The molecule has 1 atom stereocenters. The normalized spacial score (nSPS) is 13.1. The second-order valence-corrected chi connectivity index (χ2v) is 3.73. The van der Waals surface area contributed by atoms with E-state index in [1.165, 1.54) is 6.33 Å². The summed E-state index contributed by atoms with van der Waals surface area (Å²) in [7, 11) is 0. The number of aliphatic hydroxyl groups excluding tert-OH is 1. The molecule has 0 fully saturated rings. The summed E-state index contributed by atoms with van der Waals surface area (Å²) < 4.78 is 0. The summed E-state index contributed by atoms with van der Waals surface area (Å²) in [5.41, 5.74) is 1.89. The molecule has 0 saturated carbocycles. The van der Waals surface area contributed by atoms with Gasteiger partial charge in [0.05, 0.1) is 18.5 Å². The summed E-state index contributed by atoms with van der Waals surface area (Å²) in [6.45, 7) is 2.53. The van der Waals surface area contributed by atoms with Gasteiger partial charge in [0.25, 0.3) is 5.56 Å². The van der Waals surface area contributed by atoms with Gasteiger partial charge in [0, 0.05) is 24.3 Å². The summed E-state index contributed by atoms with van der Waals surface area (Å²) in [4.78, 5) is 20.9. The zero-order valence-electron chi connectivity index (χ0n) is 8.95. The molecule has 0 aliphatic carbocycles. The van der Waals surface area contributed by atoms with Gasteiger partial charge in [0.2, 0.25) is 0 Å². The van der Waals surface area contributed by atoms with E-state index in [2.05, 4.69) is 20.3 Å².